The van der Waals surface area contributed by atoms with Crippen LogP contribution < -0.4 is 4.74 Å². The highest BCUT2D eigenvalue weighted by atomic mass is 35.5. The SMILES string of the molecule is COc1cc(-c2nnc3n2CCCC3c2c(Cl)cccc2Cl)ccc1-c1cnc(C)o1. The van der Waals surface area contributed by atoms with Gasteiger partial charge in [-0.15, -0.1) is 10.2 Å². The van der Waals surface area contributed by atoms with Crippen LogP contribution in [0.2, 0.25) is 10.0 Å². The molecule has 5 rings (SSSR count). The van der Waals surface area contributed by atoms with E-state index in [0.29, 0.717) is 27.4 Å². The van der Waals surface area contributed by atoms with Gasteiger partial charge in [0.2, 0.25) is 0 Å². The Morgan fingerprint density at radius 2 is 1.94 bits per heavy atom. The molecule has 0 spiro atoms. The van der Waals surface area contributed by atoms with Gasteiger partial charge in [0.15, 0.2) is 17.5 Å². The van der Waals surface area contributed by atoms with Crippen molar-refractivity contribution in [1.82, 2.24) is 19.7 Å². The maximum atomic E-state index is 6.50. The highest BCUT2D eigenvalue weighted by Crippen LogP contribution is 2.42. The molecule has 1 aliphatic heterocycles. The third kappa shape index (κ3) is 3.50. The smallest absolute Gasteiger partial charge is 0.191 e. The minimum Gasteiger partial charge on any atom is -0.496 e. The molecule has 1 atom stereocenters. The van der Waals surface area contributed by atoms with E-state index < -0.39 is 0 Å². The van der Waals surface area contributed by atoms with Crippen LogP contribution in [-0.4, -0.2) is 26.9 Å². The molecule has 158 valence electrons. The third-order valence-electron chi connectivity index (χ3n) is 5.66. The summed E-state index contributed by atoms with van der Waals surface area (Å²) in [6.45, 7) is 2.65. The summed E-state index contributed by atoms with van der Waals surface area (Å²) in [4.78, 5) is 4.18. The van der Waals surface area contributed by atoms with Crippen molar-refractivity contribution in [3.05, 3.63) is 69.9 Å². The van der Waals surface area contributed by atoms with Gasteiger partial charge in [0.05, 0.1) is 18.9 Å². The number of nitrogens with zero attached hydrogens (tertiary/aromatic N) is 4. The fraction of sp³-hybridized carbons (Fsp3) is 0.261. The molecule has 31 heavy (non-hydrogen) atoms. The molecule has 0 aliphatic carbocycles. The van der Waals surface area contributed by atoms with Gasteiger partial charge in [-0.2, -0.15) is 0 Å². The van der Waals surface area contributed by atoms with E-state index in [0.717, 1.165) is 47.7 Å². The van der Waals surface area contributed by atoms with Gasteiger partial charge in [0.25, 0.3) is 0 Å². The van der Waals surface area contributed by atoms with Crippen molar-refractivity contribution < 1.29 is 9.15 Å². The Morgan fingerprint density at radius 1 is 1.13 bits per heavy atom. The highest BCUT2D eigenvalue weighted by Gasteiger charge is 2.30. The number of ether oxygens (including phenoxy) is 1. The van der Waals surface area contributed by atoms with Gasteiger partial charge in [0, 0.05) is 40.6 Å². The molecule has 2 aromatic carbocycles. The molecule has 0 radical (unpaired) electrons. The predicted octanol–water partition coefficient (Wildman–Crippen LogP) is 6.15. The van der Waals surface area contributed by atoms with E-state index >= 15 is 0 Å². The molecule has 0 bridgehead atoms. The van der Waals surface area contributed by atoms with Gasteiger partial charge in [-0.25, -0.2) is 4.98 Å². The molecule has 1 aliphatic rings. The zero-order chi connectivity index (χ0) is 21.5. The lowest BCUT2D eigenvalue weighted by molar-refractivity contribution is 0.414. The fourth-order valence-corrected chi connectivity index (χ4v) is 4.89. The van der Waals surface area contributed by atoms with Crippen LogP contribution in [0.5, 0.6) is 5.75 Å². The zero-order valence-electron chi connectivity index (χ0n) is 17.1. The fourth-order valence-electron chi connectivity index (χ4n) is 4.23. The largest absolute Gasteiger partial charge is 0.496 e. The van der Waals surface area contributed by atoms with E-state index in [1.54, 1.807) is 13.3 Å². The molecule has 0 fully saturated rings. The summed E-state index contributed by atoms with van der Waals surface area (Å²) in [5.74, 6) is 3.64. The van der Waals surface area contributed by atoms with Gasteiger partial charge in [-0.1, -0.05) is 35.3 Å². The topological polar surface area (TPSA) is 66.0 Å². The van der Waals surface area contributed by atoms with E-state index in [-0.39, 0.29) is 5.92 Å². The minimum absolute atomic E-state index is 0.00883. The molecular weight excluding hydrogens is 435 g/mol. The maximum Gasteiger partial charge on any atom is 0.191 e. The Labute approximate surface area is 189 Å². The van der Waals surface area contributed by atoms with Crippen LogP contribution >= 0.6 is 23.2 Å². The number of oxazole rings is 1. The summed E-state index contributed by atoms with van der Waals surface area (Å²) in [6, 6.07) is 11.5. The number of hydrogen-bond acceptors (Lipinski definition) is 5. The molecule has 0 N–H and O–H groups in total. The lowest BCUT2D eigenvalue weighted by Crippen LogP contribution is -2.18. The second kappa shape index (κ2) is 8.02. The summed E-state index contributed by atoms with van der Waals surface area (Å²) in [5.41, 5.74) is 2.67. The van der Waals surface area contributed by atoms with Crippen molar-refractivity contribution in [2.24, 2.45) is 0 Å². The van der Waals surface area contributed by atoms with Gasteiger partial charge < -0.3 is 13.7 Å². The van der Waals surface area contributed by atoms with Crippen LogP contribution in [0.25, 0.3) is 22.7 Å². The average molecular weight is 455 g/mol. The van der Waals surface area contributed by atoms with Crippen LogP contribution in [0.4, 0.5) is 0 Å². The van der Waals surface area contributed by atoms with Crippen molar-refractivity contribution >= 4 is 23.2 Å². The van der Waals surface area contributed by atoms with Crippen LogP contribution in [0.3, 0.4) is 0 Å². The summed E-state index contributed by atoms with van der Waals surface area (Å²) in [6.07, 6.45) is 3.61. The van der Waals surface area contributed by atoms with E-state index in [4.69, 9.17) is 32.4 Å². The Hall–Kier alpha value is -2.83. The van der Waals surface area contributed by atoms with Crippen LogP contribution in [-0.2, 0) is 6.54 Å². The van der Waals surface area contributed by atoms with Crippen molar-refractivity contribution in [3.63, 3.8) is 0 Å². The van der Waals surface area contributed by atoms with E-state index in [2.05, 4.69) is 19.7 Å². The van der Waals surface area contributed by atoms with Gasteiger partial charge in [-0.05, 0) is 37.1 Å². The molecule has 6 nitrogen and oxygen atoms in total. The summed E-state index contributed by atoms with van der Waals surface area (Å²) in [7, 11) is 1.64. The maximum absolute atomic E-state index is 6.50. The third-order valence-corrected chi connectivity index (χ3v) is 6.32. The molecular formula is C23H20Cl2N4O2. The van der Waals surface area contributed by atoms with Gasteiger partial charge >= 0.3 is 0 Å². The number of methoxy groups -OCH3 is 1. The summed E-state index contributed by atoms with van der Waals surface area (Å²) < 4.78 is 13.5. The Balaban J connectivity index is 1.57. The first-order valence-corrected chi connectivity index (χ1v) is 10.8. The summed E-state index contributed by atoms with van der Waals surface area (Å²) >= 11 is 13.0. The number of hydrogen-bond donors (Lipinski definition) is 0. The molecule has 4 aromatic rings. The predicted molar refractivity (Wildman–Crippen MR) is 120 cm³/mol. The minimum atomic E-state index is 0.00883. The van der Waals surface area contributed by atoms with E-state index in [9.17, 15) is 0 Å². The molecule has 0 saturated carbocycles. The normalized spacial score (nSPS) is 15.7. The first-order chi connectivity index (χ1) is 15.1. The lowest BCUT2D eigenvalue weighted by Gasteiger charge is -2.25. The first-order valence-electron chi connectivity index (χ1n) is 10.0. The highest BCUT2D eigenvalue weighted by molar-refractivity contribution is 6.36. The number of aryl methyl sites for hydroxylation is 1. The standard InChI is InChI=1S/C23H20Cl2N4O2/c1-13-26-12-20(31-13)15-9-8-14(11-19(15)30-2)22-27-28-23-16(5-4-10-29(22)23)21-17(24)6-3-7-18(21)25/h3,6-9,11-12,16H,4-5,10H2,1-2H3. The number of aromatic nitrogens is 4. The molecule has 0 amide bonds. The zero-order valence-corrected chi connectivity index (χ0v) is 18.6. The molecule has 8 heteroatoms. The Kier molecular flexibility index (Phi) is 5.20. The number of halogens is 2. The van der Waals surface area contributed by atoms with Crippen molar-refractivity contribution in [1.29, 1.82) is 0 Å². The first kappa shape index (κ1) is 20.1. The summed E-state index contributed by atoms with van der Waals surface area (Å²) in [5, 5.41) is 10.4. The van der Waals surface area contributed by atoms with Crippen LogP contribution in [0, 0.1) is 6.92 Å². The van der Waals surface area contributed by atoms with Crippen LogP contribution in [0.15, 0.2) is 47.0 Å². The van der Waals surface area contributed by atoms with Crippen LogP contribution in [0.1, 0.15) is 36.0 Å². The van der Waals surface area contributed by atoms with Gasteiger partial charge in [0.1, 0.15) is 11.6 Å². The average Bonchev–Trinajstić information content (AvgIpc) is 3.40. The Morgan fingerprint density at radius 3 is 2.65 bits per heavy atom. The quantitative estimate of drug-likeness (QED) is 0.369. The van der Waals surface area contributed by atoms with Crippen molar-refractivity contribution in [2.75, 3.05) is 7.11 Å². The van der Waals surface area contributed by atoms with Crippen molar-refractivity contribution in [3.8, 4) is 28.5 Å². The second-order valence-corrected chi connectivity index (χ2v) is 8.34. The molecule has 1 unspecified atom stereocenters. The molecule has 2 aromatic heterocycles. The second-order valence-electron chi connectivity index (χ2n) is 7.52. The molecule has 3 heterocycles. The van der Waals surface area contributed by atoms with Gasteiger partial charge in [-0.3, -0.25) is 0 Å². The number of rotatable bonds is 4. The van der Waals surface area contributed by atoms with E-state index in [1.165, 1.54) is 0 Å². The monoisotopic (exact) mass is 454 g/mol. The molecule has 0 saturated heterocycles. The Bertz CT molecular complexity index is 1240. The number of fused-ring (bicyclic) bond motifs is 1. The van der Waals surface area contributed by atoms with Crippen molar-refractivity contribution in [2.45, 2.75) is 32.2 Å². The number of benzene rings is 2. The lowest BCUT2D eigenvalue weighted by atomic mass is 9.90. The van der Waals surface area contributed by atoms with E-state index in [1.807, 2.05) is 43.3 Å².